The Kier molecular flexibility index (Phi) is 4.92. The molecule has 0 unspecified atom stereocenters. The minimum Gasteiger partial charge on any atom is -0.273 e. The summed E-state index contributed by atoms with van der Waals surface area (Å²) >= 11 is 0. The average molecular weight is 225 g/mol. The summed E-state index contributed by atoms with van der Waals surface area (Å²) in [6.07, 6.45) is 0.121. The summed E-state index contributed by atoms with van der Waals surface area (Å²) in [5, 5.41) is 0. The first-order valence-electron chi connectivity index (χ1n) is 5.23. The van der Waals surface area contributed by atoms with Gasteiger partial charge in [-0.25, -0.2) is 9.87 Å². The quantitative estimate of drug-likeness (QED) is 0.779. The average Bonchev–Trinajstić information content (AvgIpc) is 2.16. The normalized spacial score (nSPS) is 10.5. The molecule has 1 amide bonds. The second-order valence-corrected chi connectivity index (χ2v) is 4.04. The van der Waals surface area contributed by atoms with Crippen molar-refractivity contribution in [2.45, 2.75) is 20.3 Å². The van der Waals surface area contributed by atoms with Crippen LogP contribution in [0.2, 0.25) is 0 Å². The number of hydrogen-bond acceptors (Lipinski definition) is 2. The summed E-state index contributed by atoms with van der Waals surface area (Å²) < 4.78 is 12.8. The van der Waals surface area contributed by atoms with Crippen LogP contribution in [0, 0.1) is 11.7 Å². The summed E-state index contributed by atoms with van der Waals surface area (Å²) in [6.45, 7) is 4.44. The Morgan fingerprint density at radius 1 is 1.50 bits per heavy atom. The highest BCUT2D eigenvalue weighted by molar-refractivity contribution is 5.77. The molecule has 0 atom stereocenters. The number of nitrogens with one attached hydrogen (secondary N) is 1. The van der Waals surface area contributed by atoms with E-state index in [2.05, 4.69) is 5.48 Å². The third-order valence-corrected chi connectivity index (χ3v) is 1.86. The summed E-state index contributed by atoms with van der Waals surface area (Å²) in [5.74, 6) is -0.255. The van der Waals surface area contributed by atoms with Gasteiger partial charge >= 0.3 is 0 Å². The van der Waals surface area contributed by atoms with E-state index in [0.717, 1.165) is 0 Å². The molecule has 0 bridgehead atoms. The monoisotopic (exact) mass is 225 g/mol. The second-order valence-electron chi connectivity index (χ2n) is 4.04. The van der Waals surface area contributed by atoms with E-state index >= 15 is 0 Å². The van der Waals surface area contributed by atoms with Gasteiger partial charge in [0.25, 0.3) is 0 Å². The van der Waals surface area contributed by atoms with E-state index in [1.807, 2.05) is 13.8 Å². The molecule has 0 aromatic heterocycles. The number of rotatable bonds is 5. The van der Waals surface area contributed by atoms with Crippen LogP contribution in [0.1, 0.15) is 19.4 Å². The number of halogens is 1. The molecular formula is C12H16FNO2. The molecule has 0 aliphatic carbocycles. The molecule has 3 nitrogen and oxygen atoms in total. The van der Waals surface area contributed by atoms with E-state index in [-0.39, 0.29) is 18.1 Å². The molecule has 1 aromatic rings. The van der Waals surface area contributed by atoms with Gasteiger partial charge in [0.15, 0.2) is 0 Å². The lowest BCUT2D eigenvalue weighted by Gasteiger charge is -2.07. The van der Waals surface area contributed by atoms with Crippen molar-refractivity contribution in [1.82, 2.24) is 5.48 Å². The first kappa shape index (κ1) is 12.6. The number of amides is 1. The van der Waals surface area contributed by atoms with Crippen molar-refractivity contribution in [2.24, 2.45) is 5.92 Å². The molecular weight excluding hydrogens is 209 g/mol. The Balaban J connectivity index is 2.34. The number of hydroxylamine groups is 1. The Morgan fingerprint density at radius 2 is 2.25 bits per heavy atom. The maximum absolute atomic E-state index is 12.8. The molecule has 1 aromatic carbocycles. The van der Waals surface area contributed by atoms with Crippen LogP contribution in [-0.2, 0) is 16.1 Å². The van der Waals surface area contributed by atoms with Gasteiger partial charge in [-0.1, -0.05) is 26.0 Å². The molecule has 4 heteroatoms. The third-order valence-electron chi connectivity index (χ3n) is 1.86. The van der Waals surface area contributed by atoms with E-state index in [1.54, 1.807) is 12.1 Å². The maximum atomic E-state index is 12.8. The van der Waals surface area contributed by atoms with Crippen molar-refractivity contribution in [1.29, 1.82) is 0 Å². The predicted molar refractivity (Wildman–Crippen MR) is 59.0 cm³/mol. The number of hydrogen-bond donors (Lipinski definition) is 1. The van der Waals surface area contributed by atoms with E-state index in [0.29, 0.717) is 18.1 Å². The zero-order chi connectivity index (χ0) is 12.0. The van der Waals surface area contributed by atoms with Gasteiger partial charge in [0, 0.05) is 0 Å². The van der Waals surface area contributed by atoms with Crippen LogP contribution < -0.4 is 5.48 Å². The van der Waals surface area contributed by atoms with Crippen LogP contribution in [0.5, 0.6) is 0 Å². The van der Waals surface area contributed by atoms with E-state index < -0.39 is 0 Å². The van der Waals surface area contributed by atoms with Gasteiger partial charge in [0.05, 0.1) is 13.0 Å². The van der Waals surface area contributed by atoms with Crippen LogP contribution in [0.15, 0.2) is 24.3 Å². The SMILES string of the molecule is CC(C)CONC(=O)Cc1cccc(F)c1. The van der Waals surface area contributed by atoms with Gasteiger partial charge in [-0.2, -0.15) is 0 Å². The molecule has 16 heavy (non-hydrogen) atoms. The largest absolute Gasteiger partial charge is 0.273 e. The van der Waals surface area contributed by atoms with Gasteiger partial charge in [0.2, 0.25) is 5.91 Å². The van der Waals surface area contributed by atoms with Crippen molar-refractivity contribution in [2.75, 3.05) is 6.61 Å². The lowest BCUT2D eigenvalue weighted by Crippen LogP contribution is -2.27. The van der Waals surface area contributed by atoms with Gasteiger partial charge in [-0.05, 0) is 23.6 Å². The standard InChI is InChI=1S/C12H16FNO2/c1-9(2)8-16-14-12(15)7-10-4-3-5-11(13)6-10/h3-6,9H,7-8H2,1-2H3,(H,14,15). The molecule has 88 valence electrons. The minimum atomic E-state index is -0.339. The van der Waals surface area contributed by atoms with E-state index in [1.165, 1.54) is 12.1 Å². The molecule has 0 saturated heterocycles. The second kappa shape index (κ2) is 6.23. The lowest BCUT2D eigenvalue weighted by molar-refractivity contribution is -0.133. The van der Waals surface area contributed by atoms with Crippen molar-refractivity contribution in [3.05, 3.63) is 35.6 Å². The van der Waals surface area contributed by atoms with Crippen molar-refractivity contribution < 1.29 is 14.0 Å². The van der Waals surface area contributed by atoms with Crippen LogP contribution in [-0.4, -0.2) is 12.5 Å². The van der Waals surface area contributed by atoms with Gasteiger partial charge < -0.3 is 0 Å². The first-order chi connectivity index (χ1) is 7.58. The first-order valence-corrected chi connectivity index (χ1v) is 5.23. The molecule has 0 spiro atoms. The maximum Gasteiger partial charge on any atom is 0.247 e. The molecule has 0 radical (unpaired) electrons. The zero-order valence-corrected chi connectivity index (χ0v) is 9.50. The fourth-order valence-corrected chi connectivity index (χ4v) is 1.16. The number of carbonyl (C=O) groups is 1. The molecule has 0 saturated carbocycles. The smallest absolute Gasteiger partial charge is 0.247 e. The molecule has 0 fully saturated rings. The molecule has 0 aliphatic heterocycles. The lowest BCUT2D eigenvalue weighted by atomic mass is 10.1. The fourth-order valence-electron chi connectivity index (χ4n) is 1.16. The summed E-state index contributed by atoms with van der Waals surface area (Å²) in [6, 6.07) is 5.96. The van der Waals surface area contributed by atoms with Crippen LogP contribution in [0.3, 0.4) is 0 Å². The Labute approximate surface area is 94.6 Å². The molecule has 1 rings (SSSR count). The van der Waals surface area contributed by atoms with Crippen molar-refractivity contribution >= 4 is 5.91 Å². The molecule has 0 heterocycles. The molecule has 1 N–H and O–H groups in total. The Hall–Kier alpha value is -1.42. The summed E-state index contributed by atoms with van der Waals surface area (Å²) in [7, 11) is 0. The number of benzene rings is 1. The highest BCUT2D eigenvalue weighted by atomic mass is 19.1. The van der Waals surface area contributed by atoms with Gasteiger partial charge in [-0.3, -0.25) is 9.63 Å². The van der Waals surface area contributed by atoms with Gasteiger partial charge in [0.1, 0.15) is 5.82 Å². The van der Waals surface area contributed by atoms with Crippen LogP contribution in [0.25, 0.3) is 0 Å². The van der Waals surface area contributed by atoms with E-state index in [9.17, 15) is 9.18 Å². The Morgan fingerprint density at radius 3 is 2.88 bits per heavy atom. The predicted octanol–water partition coefficient (Wildman–Crippen LogP) is 2.07. The molecule has 0 aliphatic rings. The highest BCUT2D eigenvalue weighted by Crippen LogP contribution is 2.04. The third kappa shape index (κ3) is 4.89. The van der Waals surface area contributed by atoms with Gasteiger partial charge in [-0.15, -0.1) is 0 Å². The minimum absolute atomic E-state index is 0.121. The summed E-state index contributed by atoms with van der Waals surface area (Å²) in [4.78, 5) is 16.3. The van der Waals surface area contributed by atoms with Crippen LogP contribution >= 0.6 is 0 Å². The topological polar surface area (TPSA) is 38.3 Å². The van der Waals surface area contributed by atoms with Crippen molar-refractivity contribution in [3.8, 4) is 0 Å². The zero-order valence-electron chi connectivity index (χ0n) is 9.50. The van der Waals surface area contributed by atoms with E-state index in [4.69, 9.17) is 4.84 Å². The summed E-state index contributed by atoms with van der Waals surface area (Å²) in [5.41, 5.74) is 2.95. The fraction of sp³-hybridized carbons (Fsp3) is 0.417. The number of carbonyl (C=O) groups excluding carboxylic acids is 1. The Bertz CT molecular complexity index is 353. The van der Waals surface area contributed by atoms with Crippen LogP contribution in [0.4, 0.5) is 4.39 Å². The highest BCUT2D eigenvalue weighted by Gasteiger charge is 2.04. The van der Waals surface area contributed by atoms with Crippen molar-refractivity contribution in [3.63, 3.8) is 0 Å².